The van der Waals surface area contributed by atoms with Crippen molar-refractivity contribution in [2.45, 2.75) is 32.2 Å². The van der Waals surface area contributed by atoms with Gasteiger partial charge in [0, 0.05) is 32.7 Å². The second-order valence-corrected chi connectivity index (χ2v) is 3.84. The number of amides is 1. The zero-order valence-electron chi connectivity index (χ0n) is 10.3. The van der Waals surface area contributed by atoms with Crippen LogP contribution in [0.25, 0.3) is 0 Å². The number of nitrogens with two attached hydrogens (primary N) is 1. The maximum Gasteiger partial charge on any atom is 0.221 e. The average Bonchev–Trinajstić information content (AvgIpc) is 2.21. The van der Waals surface area contributed by atoms with Crippen molar-refractivity contribution in [1.29, 1.82) is 0 Å². The Morgan fingerprint density at radius 3 is 2.69 bits per heavy atom. The fourth-order valence-electron chi connectivity index (χ4n) is 1.17. The van der Waals surface area contributed by atoms with E-state index in [1.54, 1.807) is 7.11 Å². The van der Waals surface area contributed by atoms with Gasteiger partial charge in [-0.3, -0.25) is 4.79 Å². The minimum atomic E-state index is -0.0719. The summed E-state index contributed by atoms with van der Waals surface area (Å²) in [5, 5.41) is 2.82. The molecular weight excluding hydrogens is 208 g/mol. The molecule has 5 heteroatoms. The minimum absolute atomic E-state index is 0.0234. The number of carbonyl (C=O) groups excluding carboxylic acids is 1. The molecule has 0 rings (SSSR count). The van der Waals surface area contributed by atoms with Crippen molar-refractivity contribution in [2.24, 2.45) is 5.73 Å². The molecule has 0 heterocycles. The van der Waals surface area contributed by atoms with Gasteiger partial charge in [0.15, 0.2) is 0 Å². The van der Waals surface area contributed by atoms with Crippen LogP contribution in [0.15, 0.2) is 0 Å². The van der Waals surface area contributed by atoms with Crippen molar-refractivity contribution in [3.05, 3.63) is 0 Å². The lowest BCUT2D eigenvalue weighted by atomic mass is 10.2. The summed E-state index contributed by atoms with van der Waals surface area (Å²) in [6.45, 7) is 4.49. The van der Waals surface area contributed by atoms with E-state index in [0.29, 0.717) is 32.8 Å². The lowest BCUT2D eigenvalue weighted by Crippen LogP contribution is -2.30. The van der Waals surface area contributed by atoms with Gasteiger partial charge >= 0.3 is 0 Å². The Kier molecular flexibility index (Phi) is 10.4. The molecule has 1 unspecified atom stereocenters. The monoisotopic (exact) mass is 232 g/mol. The van der Waals surface area contributed by atoms with E-state index in [4.69, 9.17) is 15.2 Å². The van der Waals surface area contributed by atoms with Crippen molar-refractivity contribution in [2.75, 3.05) is 33.5 Å². The van der Waals surface area contributed by atoms with Crippen LogP contribution in [0.1, 0.15) is 26.2 Å². The maximum atomic E-state index is 11.2. The Morgan fingerprint density at radius 1 is 1.31 bits per heavy atom. The zero-order chi connectivity index (χ0) is 12.2. The molecule has 3 N–H and O–H groups in total. The van der Waals surface area contributed by atoms with Gasteiger partial charge in [-0.05, 0) is 19.8 Å². The number of carbonyl (C=O) groups is 1. The van der Waals surface area contributed by atoms with Crippen molar-refractivity contribution in [3.63, 3.8) is 0 Å². The number of hydrogen-bond donors (Lipinski definition) is 2. The first kappa shape index (κ1) is 15.3. The third-order valence-corrected chi connectivity index (χ3v) is 1.98. The van der Waals surface area contributed by atoms with Crippen LogP contribution < -0.4 is 11.1 Å². The smallest absolute Gasteiger partial charge is 0.221 e. The first-order valence-electron chi connectivity index (χ1n) is 5.75. The highest BCUT2D eigenvalue weighted by Gasteiger charge is 2.03. The molecule has 0 aliphatic heterocycles. The van der Waals surface area contributed by atoms with Gasteiger partial charge < -0.3 is 20.5 Å². The van der Waals surface area contributed by atoms with Gasteiger partial charge in [-0.2, -0.15) is 0 Å². The summed E-state index contributed by atoms with van der Waals surface area (Å²) in [5.74, 6) is 0.0234. The molecule has 0 saturated carbocycles. The van der Waals surface area contributed by atoms with E-state index in [1.165, 1.54) is 0 Å². The zero-order valence-corrected chi connectivity index (χ0v) is 10.3. The van der Waals surface area contributed by atoms with Crippen LogP contribution >= 0.6 is 0 Å². The van der Waals surface area contributed by atoms with E-state index in [2.05, 4.69) is 5.32 Å². The highest BCUT2D eigenvalue weighted by atomic mass is 16.5. The maximum absolute atomic E-state index is 11.2. The number of ether oxygens (including phenoxy) is 2. The second-order valence-electron chi connectivity index (χ2n) is 3.84. The van der Waals surface area contributed by atoms with Crippen LogP contribution in [0.4, 0.5) is 0 Å². The topological polar surface area (TPSA) is 73.6 Å². The standard InChI is InChI=1S/C11H24N2O3/c1-10(12)9-11(14)13-5-3-4-6-16-8-7-15-2/h10H,3-9,12H2,1-2H3,(H,13,14). The van der Waals surface area contributed by atoms with Gasteiger partial charge in [0.2, 0.25) is 5.91 Å². The minimum Gasteiger partial charge on any atom is -0.382 e. The Bertz CT molecular complexity index is 175. The number of rotatable bonds is 10. The van der Waals surface area contributed by atoms with Crippen LogP contribution in [0, 0.1) is 0 Å². The summed E-state index contributed by atoms with van der Waals surface area (Å²) in [5.41, 5.74) is 5.50. The predicted octanol–water partition coefficient (Wildman–Crippen LogP) is 0.283. The molecule has 0 aromatic carbocycles. The molecule has 0 aliphatic rings. The summed E-state index contributed by atoms with van der Waals surface area (Å²) < 4.78 is 10.1. The normalized spacial score (nSPS) is 12.4. The number of nitrogens with one attached hydrogen (secondary N) is 1. The van der Waals surface area contributed by atoms with E-state index < -0.39 is 0 Å². The number of methoxy groups -OCH3 is 1. The highest BCUT2D eigenvalue weighted by Crippen LogP contribution is 1.90. The summed E-state index contributed by atoms with van der Waals surface area (Å²) in [6, 6.07) is -0.0719. The van der Waals surface area contributed by atoms with E-state index >= 15 is 0 Å². The summed E-state index contributed by atoms with van der Waals surface area (Å²) in [6.07, 6.45) is 2.27. The molecule has 16 heavy (non-hydrogen) atoms. The van der Waals surface area contributed by atoms with E-state index in [-0.39, 0.29) is 11.9 Å². The molecule has 0 aliphatic carbocycles. The van der Waals surface area contributed by atoms with Crippen LogP contribution in [-0.4, -0.2) is 45.4 Å². The Labute approximate surface area is 97.7 Å². The van der Waals surface area contributed by atoms with Gasteiger partial charge in [0.25, 0.3) is 0 Å². The number of unbranched alkanes of at least 4 members (excludes halogenated alkanes) is 1. The van der Waals surface area contributed by atoms with Crippen LogP contribution in [0.2, 0.25) is 0 Å². The lowest BCUT2D eigenvalue weighted by molar-refractivity contribution is -0.121. The quantitative estimate of drug-likeness (QED) is 0.531. The Hall–Kier alpha value is -0.650. The van der Waals surface area contributed by atoms with Crippen LogP contribution in [-0.2, 0) is 14.3 Å². The van der Waals surface area contributed by atoms with E-state index in [0.717, 1.165) is 12.8 Å². The third-order valence-electron chi connectivity index (χ3n) is 1.98. The van der Waals surface area contributed by atoms with E-state index in [9.17, 15) is 4.79 Å². The molecular formula is C11H24N2O3. The Balaban J connectivity index is 3.11. The molecule has 0 saturated heterocycles. The molecule has 5 nitrogen and oxygen atoms in total. The van der Waals surface area contributed by atoms with Crippen molar-refractivity contribution in [1.82, 2.24) is 5.32 Å². The predicted molar refractivity (Wildman–Crippen MR) is 63.2 cm³/mol. The molecule has 0 aromatic heterocycles. The van der Waals surface area contributed by atoms with Crippen molar-refractivity contribution in [3.8, 4) is 0 Å². The highest BCUT2D eigenvalue weighted by molar-refractivity contribution is 5.76. The molecule has 0 spiro atoms. The lowest BCUT2D eigenvalue weighted by Gasteiger charge is -2.07. The summed E-state index contributed by atoms with van der Waals surface area (Å²) in [4.78, 5) is 11.2. The first-order chi connectivity index (χ1) is 7.66. The van der Waals surface area contributed by atoms with Gasteiger partial charge in [-0.25, -0.2) is 0 Å². The molecule has 0 aromatic rings. The van der Waals surface area contributed by atoms with Gasteiger partial charge in [-0.1, -0.05) is 0 Å². The van der Waals surface area contributed by atoms with E-state index in [1.807, 2.05) is 6.92 Å². The first-order valence-corrected chi connectivity index (χ1v) is 5.75. The molecule has 0 radical (unpaired) electrons. The largest absolute Gasteiger partial charge is 0.382 e. The molecule has 1 amide bonds. The van der Waals surface area contributed by atoms with Crippen molar-refractivity contribution >= 4 is 5.91 Å². The molecule has 1 atom stereocenters. The van der Waals surface area contributed by atoms with Gasteiger partial charge in [0.1, 0.15) is 0 Å². The third kappa shape index (κ3) is 11.4. The molecule has 96 valence electrons. The summed E-state index contributed by atoms with van der Waals surface area (Å²) >= 11 is 0. The molecule has 0 bridgehead atoms. The molecule has 0 fully saturated rings. The summed E-state index contributed by atoms with van der Waals surface area (Å²) in [7, 11) is 1.65. The number of hydrogen-bond acceptors (Lipinski definition) is 4. The second kappa shape index (κ2) is 10.9. The SMILES string of the molecule is COCCOCCCCNC(=O)CC(C)N. The van der Waals surface area contributed by atoms with Crippen LogP contribution in [0.3, 0.4) is 0 Å². The van der Waals surface area contributed by atoms with Gasteiger partial charge in [-0.15, -0.1) is 0 Å². The fraction of sp³-hybridized carbons (Fsp3) is 0.909. The van der Waals surface area contributed by atoms with Crippen LogP contribution in [0.5, 0.6) is 0 Å². The fourth-order valence-corrected chi connectivity index (χ4v) is 1.17. The van der Waals surface area contributed by atoms with Gasteiger partial charge in [0.05, 0.1) is 13.2 Å². The van der Waals surface area contributed by atoms with Crippen molar-refractivity contribution < 1.29 is 14.3 Å². The Morgan fingerprint density at radius 2 is 2.06 bits per heavy atom. The average molecular weight is 232 g/mol.